The summed E-state index contributed by atoms with van der Waals surface area (Å²) in [6.07, 6.45) is -0.726. The van der Waals surface area contributed by atoms with E-state index in [9.17, 15) is 8.78 Å². The molecule has 0 unspecified atom stereocenters. The van der Waals surface area contributed by atoms with E-state index in [2.05, 4.69) is 5.10 Å². The van der Waals surface area contributed by atoms with Gasteiger partial charge in [0.05, 0.1) is 5.52 Å². The van der Waals surface area contributed by atoms with Crippen LogP contribution >= 0.6 is 0 Å². The molecule has 0 atom stereocenters. The molecule has 0 aliphatic rings. The van der Waals surface area contributed by atoms with Crippen LogP contribution in [0.25, 0.3) is 10.9 Å². The Hall–Kier alpha value is -1.45. The lowest BCUT2D eigenvalue weighted by molar-refractivity contribution is 0.122. The van der Waals surface area contributed by atoms with Crippen LogP contribution in [-0.4, -0.2) is 16.2 Å². The Bertz CT molecular complexity index is 376. The summed E-state index contributed by atoms with van der Waals surface area (Å²) in [4.78, 5) is 0. The minimum absolute atomic E-state index is 0.339. The largest absolute Gasteiger partial charge is 0.266 e. The molecule has 13 heavy (non-hydrogen) atoms. The second-order valence-corrected chi connectivity index (χ2v) is 2.80. The van der Waals surface area contributed by atoms with Crippen LogP contribution in [0.5, 0.6) is 0 Å². The Balaban J connectivity index is 2.38. The first-order chi connectivity index (χ1) is 6.25. The van der Waals surface area contributed by atoms with Gasteiger partial charge in [0.2, 0.25) is 0 Å². The van der Waals surface area contributed by atoms with E-state index in [4.69, 9.17) is 0 Å². The standard InChI is InChI=1S/C9H8F2N2/c10-9(11)6-13-5-7-3-1-2-4-8(7)12-13/h1-5,9H,6H2. The van der Waals surface area contributed by atoms with Crippen LogP contribution in [0.2, 0.25) is 0 Å². The highest BCUT2D eigenvalue weighted by molar-refractivity contribution is 5.77. The van der Waals surface area contributed by atoms with Crippen LogP contribution in [0.15, 0.2) is 30.5 Å². The molecule has 1 heterocycles. The van der Waals surface area contributed by atoms with Crippen LogP contribution in [-0.2, 0) is 6.54 Å². The lowest BCUT2D eigenvalue weighted by Gasteiger charge is -1.96. The van der Waals surface area contributed by atoms with Crippen LogP contribution in [0, 0.1) is 0 Å². The normalized spacial score (nSPS) is 11.3. The number of nitrogens with zero attached hydrogens (tertiary/aromatic N) is 2. The molecule has 0 aliphatic carbocycles. The predicted molar refractivity (Wildman–Crippen MR) is 45.7 cm³/mol. The van der Waals surface area contributed by atoms with Gasteiger partial charge in [0.15, 0.2) is 0 Å². The molecular formula is C9H8F2N2. The van der Waals surface area contributed by atoms with Gasteiger partial charge >= 0.3 is 0 Å². The molecule has 0 saturated carbocycles. The molecule has 0 N–H and O–H groups in total. The van der Waals surface area contributed by atoms with E-state index >= 15 is 0 Å². The fourth-order valence-corrected chi connectivity index (χ4v) is 1.25. The number of halogens is 2. The van der Waals surface area contributed by atoms with E-state index in [-0.39, 0.29) is 6.54 Å². The summed E-state index contributed by atoms with van der Waals surface area (Å²) in [5, 5.41) is 4.88. The van der Waals surface area contributed by atoms with Gasteiger partial charge in [-0.25, -0.2) is 8.78 Å². The van der Waals surface area contributed by atoms with Crippen molar-refractivity contribution in [1.82, 2.24) is 9.78 Å². The van der Waals surface area contributed by atoms with Crippen molar-refractivity contribution in [3.63, 3.8) is 0 Å². The van der Waals surface area contributed by atoms with Crippen molar-refractivity contribution < 1.29 is 8.78 Å². The third kappa shape index (κ3) is 1.66. The summed E-state index contributed by atoms with van der Waals surface area (Å²) in [6.45, 7) is -0.339. The third-order valence-electron chi connectivity index (χ3n) is 1.79. The first kappa shape index (κ1) is 8.16. The lowest BCUT2D eigenvalue weighted by Crippen LogP contribution is -2.06. The third-order valence-corrected chi connectivity index (χ3v) is 1.79. The number of hydrogen-bond donors (Lipinski definition) is 0. The summed E-state index contributed by atoms with van der Waals surface area (Å²) in [5.74, 6) is 0. The average molecular weight is 182 g/mol. The Kier molecular flexibility index (Phi) is 1.96. The highest BCUT2D eigenvalue weighted by Gasteiger charge is 2.05. The minimum Gasteiger partial charge on any atom is -0.266 e. The molecule has 2 aromatic rings. The molecule has 2 rings (SSSR count). The van der Waals surface area contributed by atoms with Crippen molar-refractivity contribution in [2.75, 3.05) is 0 Å². The molecule has 1 aromatic carbocycles. The quantitative estimate of drug-likeness (QED) is 0.696. The predicted octanol–water partition coefficient (Wildman–Crippen LogP) is 2.30. The number of rotatable bonds is 2. The maximum atomic E-state index is 12.0. The highest BCUT2D eigenvalue weighted by Crippen LogP contribution is 2.11. The van der Waals surface area contributed by atoms with Gasteiger partial charge in [-0.2, -0.15) is 5.10 Å². The van der Waals surface area contributed by atoms with Crippen molar-refractivity contribution in [3.05, 3.63) is 30.5 Å². The lowest BCUT2D eigenvalue weighted by atomic mass is 10.3. The maximum absolute atomic E-state index is 12.0. The first-order valence-electron chi connectivity index (χ1n) is 3.96. The molecular weight excluding hydrogens is 174 g/mol. The molecule has 1 aromatic heterocycles. The van der Waals surface area contributed by atoms with E-state index in [1.807, 2.05) is 18.2 Å². The van der Waals surface area contributed by atoms with E-state index in [1.54, 1.807) is 12.3 Å². The summed E-state index contributed by atoms with van der Waals surface area (Å²) in [5.41, 5.74) is 0.753. The van der Waals surface area contributed by atoms with E-state index < -0.39 is 6.43 Å². The number of fused-ring (bicyclic) bond motifs is 1. The van der Waals surface area contributed by atoms with E-state index in [1.165, 1.54) is 4.68 Å². The highest BCUT2D eigenvalue weighted by atomic mass is 19.3. The van der Waals surface area contributed by atoms with Gasteiger partial charge < -0.3 is 0 Å². The van der Waals surface area contributed by atoms with Crippen molar-refractivity contribution >= 4 is 10.9 Å². The maximum Gasteiger partial charge on any atom is 0.257 e. The van der Waals surface area contributed by atoms with Crippen molar-refractivity contribution in [1.29, 1.82) is 0 Å². The monoisotopic (exact) mass is 182 g/mol. The Labute approximate surface area is 73.8 Å². The molecule has 0 bridgehead atoms. The van der Waals surface area contributed by atoms with Gasteiger partial charge in [-0.05, 0) is 6.07 Å². The van der Waals surface area contributed by atoms with Gasteiger partial charge in [-0.15, -0.1) is 0 Å². The number of hydrogen-bond acceptors (Lipinski definition) is 1. The zero-order chi connectivity index (χ0) is 9.26. The second-order valence-electron chi connectivity index (χ2n) is 2.80. The molecule has 0 spiro atoms. The fraction of sp³-hybridized carbons (Fsp3) is 0.222. The topological polar surface area (TPSA) is 17.8 Å². The van der Waals surface area contributed by atoms with Gasteiger partial charge in [-0.1, -0.05) is 18.2 Å². The van der Waals surface area contributed by atoms with Crippen molar-refractivity contribution in [3.8, 4) is 0 Å². The zero-order valence-corrected chi connectivity index (χ0v) is 6.82. The number of alkyl halides is 2. The van der Waals surface area contributed by atoms with Gasteiger partial charge in [-0.3, -0.25) is 4.68 Å². The van der Waals surface area contributed by atoms with Crippen LogP contribution < -0.4 is 0 Å². The molecule has 0 fully saturated rings. The second kappa shape index (κ2) is 3.12. The SMILES string of the molecule is FC(F)Cn1cc2ccccc2n1. The molecule has 0 radical (unpaired) electrons. The molecule has 2 nitrogen and oxygen atoms in total. The Morgan fingerprint density at radius 2 is 2.08 bits per heavy atom. The zero-order valence-electron chi connectivity index (χ0n) is 6.82. The van der Waals surface area contributed by atoms with Gasteiger partial charge in [0.25, 0.3) is 6.43 Å². The first-order valence-corrected chi connectivity index (χ1v) is 3.96. The van der Waals surface area contributed by atoms with Crippen molar-refractivity contribution in [2.45, 2.75) is 13.0 Å². The van der Waals surface area contributed by atoms with E-state index in [0.717, 1.165) is 10.9 Å². The molecule has 4 heteroatoms. The smallest absolute Gasteiger partial charge is 0.257 e. The Morgan fingerprint density at radius 3 is 2.77 bits per heavy atom. The van der Waals surface area contributed by atoms with Crippen molar-refractivity contribution in [2.24, 2.45) is 0 Å². The van der Waals surface area contributed by atoms with Gasteiger partial charge in [0, 0.05) is 11.6 Å². The van der Waals surface area contributed by atoms with E-state index in [0.29, 0.717) is 0 Å². The van der Waals surface area contributed by atoms with Crippen LogP contribution in [0.4, 0.5) is 8.78 Å². The minimum atomic E-state index is -2.35. The summed E-state index contributed by atoms with van der Waals surface area (Å²) in [7, 11) is 0. The van der Waals surface area contributed by atoms with Crippen LogP contribution in [0.1, 0.15) is 0 Å². The molecule has 0 saturated heterocycles. The summed E-state index contributed by atoms with van der Waals surface area (Å²) < 4.78 is 25.2. The summed E-state index contributed by atoms with van der Waals surface area (Å²) in [6, 6.07) is 7.35. The van der Waals surface area contributed by atoms with Gasteiger partial charge in [0.1, 0.15) is 6.54 Å². The Morgan fingerprint density at radius 1 is 1.31 bits per heavy atom. The molecule has 0 aliphatic heterocycles. The number of aromatic nitrogens is 2. The average Bonchev–Trinajstić information content (AvgIpc) is 2.44. The summed E-state index contributed by atoms with van der Waals surface area (Å²) >= 11 is 0. The molecule has 0 amide bonds. The molecule has 68 valence electrons. The fourth-order valence-electron chi connectivity index (χ4n) is 1.25. The van der Waals surface area contributed by atoms with Crippen LogP contribution in [0.3, 0.4) is 0 Å². The number of benzene rings is 1.